The maximum absolute atomic E-state index is 6.74. The van der Waals surface area contributed by atoms with E-state index in [0.717, 1.165) is 72.4 Å². The second kappa shape index (κ2) is 13.3. The molecule has 0 bridgehead atoms. The predicted octanol–water partition coefficient (Wildman–Crippen LogP) is 12.3. The van der Waals surface area contributed by atoms with Crippen molar-refractivity contribution in [3.63, 3.8) is 0 Å². The molecule has 0 amide bonds. The number of para-hydroxylation sites is 4. The van der Waals surface area contributed by atoms with Crippen molar-refractivity contribution in [3.05, 3.63) is 204 Å². The smallest absolute Gasteiger partial charge is 0.149 e. The van der Waals surface area contributed by atoms with Gasteiger partial charge < -0.3 is 13.9 Å². The Hall–Kier alpha value is -7.89. The number of benzene rings is 8. The normalized spacial score (nSPS) is 14.5. The van der Waals surface area contributed by atoms with Gasteiger partial charge in [-0.25, -0.2) is 4.99 Å². The van der Waals surface area contributed by atoms with Gasteiger partial charge in [-0.2, -0.15) is 0 Å². The van der Waals surface area contributed by atoms with E-state index in [1.807, 2.05) is 19.1 Å². The monoisotopic (exact) mass is 770 g/mol. The molecule has 0 aliphatic carbocycles. The number of anilines is 1. The summed E-state index contributed by atoms with van der Waals surface area (Å²) in [6.07, 6.45) is 6.13. The molecule has 3 aromatic heterocycles. The molecule has 0 unspecified atom stereocenters. The Morgan fingerprint density at radius 3 is 1.95 bits per heavy atom. The van der Waals surface area contributed by atoms with Crippen molar-refractivity contribution >= 4 is 88.8 Å². The lowest BCUT2D eigenvalue weighted by Gasteiger charge is -2.29. The third-order valence-corrected chi connectivity index (χ3v) is 12.2. The van der Waals surface area contributed by atoms with Crippen molar-refractivity contribution in [2.45, 2.75) is 6.92 Å². The van der Waals surface area contributed by atoms with E-state index in [0.29, 0.717) is 0 Å². The fourth-order valence-corrected chi connectivity index (χ4v) is 9.50. The molecule has 8 aromatic carbocycles. The van der Waals surface area contributed by atoms with Crippen LogP contribution in [0.2, 0.25) is 0 Å². The highest BCUT2D eigenvalue weighted by molar-refractivity contribution is 6.23. The second-order valence-corrected chi connectivity index (χ2v) is 15.5. The minimum atomic E-state index is 0.764. The maximum atomic E-state index is 6.74. The first-order valence-electron chi connectivity index (χ1n) is 20.5. The molecular formula is C55H38N4O. The van der Waals surface area contributed by atoms with Crippen LogP contribution < -0.4 is 15.5 Å². The third-order valence-electron chi connectivity index (χ3n) is 12.2. The molecule has 0 saturated heterocycles. The highest BCUT2D eigenvalue weighted by Gasteiger charge is 2.27. The van der Waals surface area contributed by atoms with Crippen LogP contribution in [0.25, 0.3) is 94.1 Å². The van der Waals surface area contributed by atoms with E-state index in [9.17, 15) is 0 Å². The molecular weight excluding hydrogens is 733 g/mol. The quantitative estimate of drug-likeness (QED) is 0.179. The van der Waals surface area contributed by atoms with Gasteiger partial charge in [-0.1, -0.05) is 121 Å². The van der Waals surface area contributed by atoms with E-state index in [-0.39, 0.29) is 0 Å². The Balaban J connectivity index is 1.14. The molecule has 284 valence electrons. The maximum Gasteiger partial charge on any atom is 0.149 e. The van der Waals surface area contributed by atoms with Crippen LogP contribution in [0.5, 0.6) is 0 Å². The zero-order chi connectivity index (χ0) is 39.9. The Kier molecular flexibility index (Phi) is 7.59. The fourth-order valence-electron chi connectivity index (χ4n) is 9.50. The molecule has 0 atom stereocenters. The molecule has 60 heavy (non-hydrogen) atoms. The van der Waals surface area contributed by atoms with E-state index in [1.165, 1.54) is 43.4 Å². The lowest BCUT2D eigenvalue weighted by molar-refractivity contribution is 0.575. The lowest BCUT2D eigenvalue weighted by Crippen LogP contribution is -2.35. The van der Waals surface area contributed by atoms with Gasteiger partial charge in [0.2, 0.25) is 0 Å². The van der Waals surface area contributed by atoms with Crippen molar-refractivity contribution in [2.75, 3.05) is 11.9 Å². The van der Waals surface area contributed by atoms with Gasteiger partial charge in [0.05, 0.1) is 33.0 Å². The van der Waals surface area contributed by atoms with Crippen molar-refractivity contribution in [1.29, 1.82) is 0 Å². The summed E-state index contributed by atoms with van der Waals surface area (Å²) < 4.78 is 11.5. The number of hydrogen-bond acceptors (Lipinski definition) is 3. The second-order valence-electron chi connectivity index (χ2n) is 15.5. The van der Waals surface area contributed by atoms with Crippen molar-refractivity contribution in [1.82, 2.24) is 9.13 Å². The van der Waals surface area contributed by atoms with Crippen LogP contribution in [0.15, 0.2) is 197 Å². The van der Waals surface area contributed by atoms with Gasteiger partial charge in [-0.15, -0.1) is 0 Å². The SMILES string of the molecule is C\C=C/C=c1/oc2ccc(-c3ccc4c(c3)c3c5ccccc5ccc3n4-c3ccccc3)cc2/c1=C1\N=C(n2c3ccccc3c3ccccc32)c2ccccc2N1C. The van der Waals surface area contributed by atoms with Gasteiger partial charge >= 0.3 is 0 Å². The van der Waals surface area contributed by atoms with Crippen LogP contribution in [0.3, 0.4) is 0 Å². The summed E-state index contributed by atoms with van der Waals surface area (Å²) >= 11 is 0. The lowest BCUT2D eigenvalue weighted by atomic mass is 9.99. The van der Waals surface area contributed by atoms with E-state index in [2.05, 4.69) is 203 Å². The molecule has 0 spiro atoms. The van der Waals surface area contributed by atoms with Crippen LogP contribution in [0.4, 0.5) is 5.69 Å². The number of nitrogens with zero attached hydrogens (tertiary/aromatic N) is 4. The van der Waals surface area contributed by atoms with Crippen LogP contribution in [0.1, 0.15) is 12.5 Å². The molecule has 0 N–H and O–H groups in total. The number of aromatic nitrogens is 2. The number of hydrogen-bond donors (Lipinski definition) is 0. The molecule has 0 saturated carbocycles. The number of allylic oxidation sites excluding steroid dienone is 2. The van der Waals surface area contributed by atoms with E-state index < -0.39 is 0 Å². The van der Waals surface area contributed by atoms with Crippen LogP contribution in [0, 0.1) is 0 Å². The summed E-state index contributed by atoms with van der Waals surface area (Å²) in [7, 11) is 2.11. The highest BCUT2D eigenvalue weighted by atomic mass is 16.3. The number of furan rings is 1. The highest BCUT2D eigenvalue weighted by Crippen LogP contribution is 2.40. The Morgan fingerprint density at radius 1 is 0.533 bits per heavy atom. The largest absolute Gasteiger partial charge is 0.456 e. The summed E-state index contributed by atoms with van der Waals surface area (Å²) in [6.45, 7) is 2.03. The number of aliphatic imine (C=N–C) groups is 1. The Morgan fingerprint density at radius 2 is 1.17 bits per heavy atom. The first-order chi connectivity index (χ1) is 29.7. The molecule has 5 nitrogen and oxygen atoms in total. The molecule has 5 heteroatoms. The van der Waals surface area contributed by atoms with Crippen molar-refractivity contribution in [2.24, 2.45) is 4.99 Å². The predicted molar refractivity (Wildman–Crippen MR) is 252 cm³/mol. The van der Waals surface area contributed by atoms with Gasteiger partial charge in [0.1, 0.15) is 22.7 Å². The van der Waals surface area contributed by atoms with Crippen molar-refractivity contribution < 1.29 is 4.42 Å². The van der Waals surface area contributed by atoms with Crippen LogP contribution in [-0.4, -0.2) is 22.0 Å². The average molecular weight is 771 g/mol. The van der Waals surface area contributed by atoms with E-state index in [4.69, 9.17) is 9.41 Å². The first kappa shape index (κ1) is 34.2. The third kappa shape index (κ3) is 5.02. The fraction of sp³-hybridized carbons (Fsp3) is 0.0364. The Labute approximate surface area is 346 Å². The summed E-state index contributed by atoms with van der Waals surface area (Å²) in [5, 5.41) is 9.31. The number of rotatable bonds is 3. The van der Waals surface area contributed by atoms with Crippen LogP contribution in [-0.2, 0) is 0 Å². The zero-order valence-electron chi connectivity index (χ0n) is 33.2. The van der Waals surface area contributed by atoms with Crippen molar-refractivity contribution in [3.8, 4) is 16.8 Å². The van der Waals surface area contributed by atoms with Gasteiger partial charge in [0.25, 0.3) is 0 Å². The summed E-state index contributed by atoms with van der Waals surface area (Å²) in [6, 6.07) is 63.2. The van der Waals surface area contributed by atoms with Gasteiger partial charge in [0.15, 0.2) is 0 Å². The summed E-state index contributed by atoms with van der Waals surface area (Å²) in [5.41, 5.74) is 11.7. The van der Waals surface area contributed by atoms with Gasteiger partial charge in [-0.3, -0.25) is 4.57 Å². The van der Waals surface area contributed by atoms with E-state index >= 15 is 0 Å². The topological polar surface area (TPSA) is 38.6 Å². The standard InChI is InChI=1S/C55H38N4O/c1-3-4-26-51-53(55-56-54(42-22-12-13-23-45(42)57(55)2)59-46-24-14-10-20-40(46)41-21-11-15-25-47(41)59)44-34-37(29-32-50(44)60-51)36-28-30-48-43(33-36)52-39-19-9-8-16-35(39)27-31-49(52)58(48)38-17-6-5-7-18-38/h3-34H,1-2H3/b4-3-,51-26+,55-53-. The summed E-state index contributed by atoms with van der Waals surface area (Å²) in [4.78, 5) is 7.88. The zero-order valence-corrected chi connectivity index (χ0v) is 33.2. The minimum Gasteiger partial charge on any atom is -0.456 e. The summed E-state index contributed by atoms with van der Waals surface area (Å²) in [5.74, 6) is 1.70. The molecule has 0 fully saturated rings. The molecule has 12 rings (SSSR count). The van der Waals surface area contributed by atoms with E-state index in [1.54, 1.807) is 0 Å². The molecule has 1 aliphatic heterocycles. The van der Waals surface area contributed by atoms with Crippen LogP contribution >= 0.6 is 0 Å². The van der Waals surface area contributed by atoms with Gasteiger partial charge in [-0.05, 0) is 102 Å². The molecule has 1 aliphatic rings. The average Bonchev–Trinajstić information content (AvgIpc) is 3.96. The van der Waals surface area contributed by atoms with Gasteiger partial charge in [0, 0.05) is 45.2 Å². The molecule has 4 heterocycles. The molecule has 0 radical (unpaired) electrons. The Bertz CT molecular complexity index is 3690. The minimum absolute atomic E-state index is 0.764. The first-order valence-corrected chi connectivity index (χ1v) is 20.5. The molecule has 11 aromatic rings. The number of fused-ring (bicyclic) bond motifs is 10.